The van der Waals surface area contributed by atoms with Crippen LogP contribution in [0, 0.1) is 0 Å². The molecular formula is C20H23N3O4. The van der Waals surface area contributed by atoms with E-state index in [1.165, 1.54) is 0 Å². The van der Waals surface area contributed by atoms with Crippen LogP contribution in [-0.2, 0) is 17.6 Å². The van der Waals surface area contributed by atoms with Crippen LogP contribution in [-0.4, -0.2) is 36.2 Å². The van der Waals surface area contributed by atoms with Gasteiger partial charge in [0.25, 0.3) is 5.91 Å². The zero-order chi connectivity index (χ0) is 18.6. The van der Waals surface area contributed by atoms with E-state index >= 15 is 0 Å². The molecule has 2 N–H and O–H groups in total. The second kappa shape index (κ2) is 7.92. The van der Waals surface area contributed by atoms with Crippen molar-refractivity contribution in [3.8, 4) is 0 Å². The van der Waals surface area contributed by atoms with Crippen LogP contribution in [0.4, 0.5) is 5.69 Å². The van der Waals surface area contributed by atoms with E-state index in [1.807, 2.05) is 0 Å². The number of amides is 1. The summed E-state index contributed by atoms with van der Waals surface area (Å²) >= 11 is 0. The number of carbonyl (C=O) groups excluding carboxylic acids is 2. The zero-order valence-electron chi connectivity index (χ0n) is 15.1. The first-order chi connectivity index (χ1) is 13.2. The van der Waals surface area contributed by atoms with Crippen molar-refractivity contribution < 1.29 is 18.8 Å². The van der Waals surface area contributed by atoms with Gasteiger partial charge in [-0.05, 0) is 57.3 Å². The number of piperidine rings is 1. The third kappa shape index (κ3) is 3.88. The number of benzene rings is 1. The molecule has 27 heavy (non-hydrogen) atoms. The van der Waals surface area contributed by atoms with E-state index < -0.39 is 5.97 Å². The highest BCUT2D eigenvalue weighted by Crippen LogP contribution is 2.26. The lowest BCUT2D eigenvalue weighted by Crippen LogP contribution is -2.34. The van der Waals surface area contributed by atoms with Crippen LogP contribution in [0.15, 0.2) is 28.8 Å². The van der Waals surface area contributed by atoms with Gasteiger partial charge >= 0.3 is 5.97 Å². The molecule has 1 amide bonds. The number of esters is 1. The smallest absolute Gasteiger partial charge is 0.340 e. The summed E-state index contributed by atoms with van der Waals surface area (Å²) in [6.45, 7) is 1.68. The highest BCUT2D eigenvalue weighted by molar-refractivity contribution is 6.07. The minimum absolute atomic E-state index is 0.0925. The van der Waals surface area contributed by atoms with Crippen molar-refractivity contribution in [1.29, 1.82) is 0 Å². The number of hydrogen-bond acceptors (Lipinski definition) is 6. The fraction of sp³-hybridized carbons (Fsp3) is 0.450. The van der Waals surface area contributed by atoms with E-state index in [-0.39, 0.29) is 12.0 Å². The molecule has 1 fully saturated rings. The summed E-state index contributed by atoms with van der Waals surface area (Å²) in [5.74, 6) is 0.0222. The van der Waals surface area contributed by atoms with E-state index in [9.17, 15) is 9.59 Å². The van der Waals surface area contributed by atoms with Gasteiger partial charge in [0.05, 0.1) is 11.3 Å². The van der Waals surface area contributed by atoms with Gasteiger partial charge in [0.1, 0.15) is 11.9 Å². The molecule has 1 aromatic carbocycles. The first-order valence-electron chi connectivity index (χ1n) is 9.52. The van der Waals surface area contributed by atoms with Gasteiger partial charge in [0.15, 0.2) is 5.69 Å². The maximum absolute atomic E-state index is 12.7. The normalized spacial score (nSPS) is 17.2. The molecule has 0 saturated carbocycles. The van der Waals surface area contributed by atoms with E-state index in [1.54, 1.807) is 24.3 Å². The van der Waals surface area contributed by atoms with Crippen LogP contribution >= 0.6 is 0 Å². The summed E-state index contributed by atoms with van der Waals surface area (Å²) in [5.41, 5.74) is 1.97. The van der Waals surface area contributed by atoms with Crippen LogP contribution in [0.25, 0.3) is 0 Å². The Bertz CT molecular complexity index is 840. The monoisotopic (exact) mass is 369 g/mol. The molecule has 1 saturated heterocycles. The van der Waals surface area contributed by atoms with Gasteiger partial charge in [0, 0.05) is 12.0 Å². The molecule has 2 aliphatic rings. The minimum atomic E-state index is -0.417. The number of fused-ring (bicyclic) bond motifs is 1. The highest BCUT2D eigenvalue weighted by atomic mass is 16.5. The van der Waals surface area contributed by atoms with E-state index in [0.717, 1.165) is 62.9 Å². The summed E-state index contributed by atoms with van der Waals surface area (Å²) in [5, 5.41) is 10.0. The highest BCUT2D eigenvalue weighted by Gasteiger charge is 2.26. The topological polar surface area (TPSA) is 93.5 Å². The Balaban J connectivity index is 1.50. The summed E-state index contributed by atoms with van der Waals surface area (Å²) in [7, 11) is 0. The molecule has 4 rings (SSSR count). The maximum atomic E-state index is 12.7. The first kappa shape index (κ1) is 17.7. The fourth-order valence-corrected chi connectivity index (χ4v) is 3.64. The number of para-hydroxylation sites is 1. The Kier molecular flexibility index (Phi) is 5.20. The Morgan fingerprint density at radius 1 is 1.15 bits per heavy atom. The second-order valence-corrected chi connectivity index (χ2v) is 6.99. The van der Waals surface area contributed by atoms with Crippen molar-refractivity contribution in [2.24, 2.45) is 0 Å². The number of aromatic nitrogens is 1. The number of nitrogens with one attached hydrogen (secondary N) is 2. The average Bonchev–Trinajstić information content (AvgIpc) is 3.13. The van der Waals surface area contributed by atoms with E-state index in [4.69, 9.17) is 9.26 Å². The van der Waals surface area contributed by atoms with Crippen LogP contribution in [0.3, 0.4) is 0 Å². The Hall–Kier alpha value is -2.67. The van der Waals surface area contributed by atoms with Crippen LogP contribution < -0.4 is 10.6 Å². The number of anilines is 1. The van der Waals surface area contributed by atoms with Crippen LogP contribution in [0.1, 0.15) is 57.9 Å². The standard InChI is InChI=1S/C20H23N3O4/c24-19(18-15-6-2-4-8-17(15)27-23-18)22-16-7-3-1-5-14(16)20(25)26-13-9-11-21-12-10-13/h1,3,5,7,13,21H,2,4,6,8-12H2,(H,22,24). The van der Waals surface area contributed by atoms with Crippen molar-refractivity contribution in [2.45, 2.75) is 44.6 Å². The number of hydrogen-bond donors (Lipinski definition) is 2. The van der Waals surface area contributed by atoms with Crippen molar-refractivity contribution in [3.63, 3.8) is 0 Å². The number of carbonyl (C=O) groups is 2. The predicted octanol–water partition coefficient (Wildman–Crippen LogP) is 2.71. The summed E-state index contributed by atoms with van der Waals surface area (Å²) in [6.07, 6.45) is 5.18. The van der Waals surface area contributed by atoms with E-state index in [2.05, 4.69) is 15.8 Å². The van der Waals surface area contributed by atoms with Gasteiger partial charge in [0.2, 0.25) is 0 Å². The number of nitrogens with zero attached hydrogens (tertiary/aromatic N) is 1. The van der Waals surface area contributed by atoms with Gasteiger partial charge < -0.3 is 19.9 Å². The molecule has 0 bridgehead atoms. The fourth-order valence-electron chi connectivity index (χ4n) is 3.64. The quantitative estimate of drug-likeness (QED) is 0.805. The van der Waals surface area contributed by atoms with Gasteiger partial charge in [-0.1, -0.05) is 17.3 Å². The van der Waals surface area contributed by atoms with Gasteiger partial charge in [-0.25, -0.2) is 4.79 Å². The van der Waals surface area contributed by atoms with Crippen LogP contribution in [0.5, 0.6) is 0 Å². The molecule has 0 spiro atoms. The third-order valence-electron chi connectivity index (χ3n) is 5.12. The lowest BCUT2D eigenvalue weighted by atomic mass is 9.96. The van der Waals surface area contributed by atoms with Gasteiger partial charge in [-0.3, -0.25) is 4.79 Å². The number of ether oxygens (including phenoxy) is 1. The predicted molar refractivity (Wildman–Crippen MR) is 98.8 cm³/mol. The van der Waals surface area contributed by atoms with Crippen LogP contribution in [0.2, 0.25) is 0 Å². The molecule has 7 nitrogen and oxygen atoms in total. The molecule has 142 valence electrons. The summed E-state index contributed by atoms with van der Waals surface area (Å²) < 4.78 is 10.9. The number of rotatable bonds is 4. The summed E-state index contributed by atoms with van der Waals surface area (Å²) in [4.78, 5) is 25.3. The minimum Gasteiger partial charge on any atom is -0.459 e. The zero-order valence-corrected chi connectivity index (χ0v) is 15.1. The molecule has 0 unspecified atom stereocenters. The Morgan fingerprint density at radius 3 is 2.78 bits per heavy atom. The molecule has 2 aromatic rings. The molecule has 1 aliphatic carbocycles. The molecule has 0 radical (unpaired) electrons. The Labute approximate surface area is 157 Å². The molecule has 2 heterocycles. The van der Waals surface area contributed by atoms with Crippen molar-refractivity contribution in [2.75, 3.05) is 18.4 Å². The molecule has 1 aliphatic heterocycles. The molecule has 1 aromatic heterocycles. The van der Waals surface area contributed by atoms with Crippen molar-refractivity contribution in [1.82, 2.24) is 10.5 Å². The van der Waals surface area contributed by atoms with Crippen molar-refractivity contribution in [3.05, 3.63) is 46.8 Å². The van der Waals surface area contributed by atoms with Gasteiger partial charge in [-0.15, -0.1) is 0 Å². The lowest BCUT2D eigenvalue weighted by molar-refractivity contribution is 0.0231. The SMILES string of the molecule is O=C(OC1CCNCC1)c1ccccc1NC(=O)c1noc2c1CCCC2. The average molecular weight is 369 g/mol. The lowest BCUT2D eigenvalue weighted by Gasteiger charge is -2.23. The third-order valence-corrected chi connectivity index (χ3v) is 5.12. The Morgan fingerprint density at radius 2 is 1.93 bits per heavy atom. The largest absolute Gasteiger partial charge is 0.459 e. The molecule has 7 heteroatoms. The summed E-state index contributed by atoms with van der Waals surface area (Å²) in [6, 6.07) is 6.89. The first-order valence-corrected chi connectivity index (χ1v) is 9.52. The second-order valence-electron chi connectivity index (χ2n) is 6.99. The van der Waals surface area contributed by atoms with Gasteiger partial charge in [-0.2, -0.15) is 0 Å². The maximum Gasteiger partial charge on any atom is 0.340 e. The van der Waals surface area contributed by atoms with E-state index in [0.29, 0.717) is 16.9 Å². The number of aryl methyl sites for hydroxylation is 1. The molecular weight excluding hydrogens is 346 g/mol. The van der Waals surface area contributed by atoms with Crippen molar-refractivity contribution >= 4 is 17.6 Å². The molecule has 0 atom stereocenters.